The number of aliphatic hydroxyl groups is 1. The average Bonchev–Trinajstić information content (AvgIpc) is 2.99. The Labute approximate surface area is 135 Å². The van der Waals surface area contributed by atoms with E-state index in [1.807, 2.05) is 26.0 Å². The van der Waals surface area contributed by atoms with Gasteiger partial charge in [-0.25, -0.2) is 0 Å². The minimum atomic E-state index is -0.690. The number of nitrogens with two attached hydrogens (primary N) is 1. The maximum absolute atomic E-state index is 10.5. The highest BCUT2D eigenvalue weighted by atomic mass is 16.5. The number of ether oxygens (including phenoxy) is 1. The molecule has 1 heterocycles. The molecule has 0 radical (unpaired) electrons. The zero-order valence-electron chi connectivity index (χ0n) is 14.3. The minimum absolute atomic E-state index is 0.293. The predicted octanol–water partition coefficient (Wildman–Crippen LogP) is 2.60. The summed E-state index contributed by atoms with van der Waals surface area (Å²) >= 11 is 0. The van der Waals surface area contributed by atoms with Gasteiger partial charge in [0, 0.05) is 12.6 Å². The van der Waals surface area contributed by atoms with E-state index in [0.29, 0.717) is 6.61 Å². The molecule has 1 fully saturated rings. The van der Waals surface area contributed by atoms with E-state index in [1.54, 1.807) is 0 Å². The van der Waals surface area contributed by atoms with E-state index in [-0.39, 0.29) is 6.04 Å². The highest BCUT2D eigenvalue weighted by molar-refractivity contribution is 5.33. The number of aliphatic hydroxyl groups excluding tert-OH is 1. The first-order valence-electron chi connectivity index (χ1n) is 8.32. The number of allylic oxidation sites excluding steroid dienone is 2. The van der Waals surface area contributed by atoms with Crippen LogP contribution in [0.5, 0.6) is 0 Å². The molecule has 0 unspecified atom stereocenters. The van der Waals surface area contributed by atoms with E-state index in [1.165, 1.54) is 12.8 Å². The van der Waals surface area contributed by atoms with Gasteiger partial charge < -0.3 is 20.5 Å². The molecule has 4 heteroatoms. The van der Waals surface area contributed by atoms with Gasteiger partial charge in [-0.1, -0.05) is 19.6 Å². The fourth-order valence-electron chi connectivity index (χ4n) is 2.60. The highest BCUT2D eigenvalue weighted by Crippen LogP contribution is 2.18. The monoisotopic (exact) mass is 308 g/mol. The Bertz CT molecular complexity index is 409. The summed E-state index contributed by atoms with van der Waals surface area (Å²) in [6.07, 6.45) is 6.46. The van der Waals surface area contributed by atoms with Gasteiger partial charge in [0.1, 0.15) is 5.76 Å². The van der Waals surface area contributed by atoms with Crippen LogP contribution in [-0.4, -0.2) is 48.4 Å². The van der Waals surface area contributed by atoms with Crippen molar-refractivity contribution >= 4 is 0 Å². The van der Waals surface area contributed by atoms with Crippen LogP contribution >= 0.6 is 0 Å². The van der Waals surface area contributed by atoms with Crippen LogP contribution in [0.15, 0.2) is 35.6 Å². The number of nitrogens with zero attached hydrogens (tertiary/aromatic N) is 1. The van der Waals surface area contributed by atoms with Gasteiger partial charge in [-0.3, -0.25) is 0 Å². The molecule has 1 aliphatic heterocycles. The molecule has 3 N–H and O–H groups in total. The van der Waals surface area contributed by atoms with Crippen molar-refractivity contribution in [1.29, 1.82) is 0 Å². The lowest BCUT2D eigenvalue weighted by Crippen LogP contribution is -2.44. The summed E-state index contributed by atoms with van der Waals surface area (Å²) in [5.74, 6) is 0.724. The molecular formula is C18H32N2O2. The summed E-state index contributed by atoms with van der Waals surface area (Å²) in [7, 11) is 0. The predicted molar refractivity (Wildman–Crippen MR) is 92.6 cm³/mol. The van der Waals surface area contributed by atoms with Crippen LogP contribution in [0.25, 0.3) is 0 Å². The van der Waals surface area contributed by atoms with Crippen molar-refractivity contribution in [3.05, 3.63) is 35.6 Å². The lowest BCUT2D eigenvalue weighted by molar-refractivity contribution is 0.155. The molecule has 1 saturated heterocycles. The largest absolute Gasteiger partial charge is 0.493 e. The summed E-state index contributed by atoms with van der Waals surface area (Å²) in [6.45, 7) is 13.4. The Balaban J connectivity index is 2.72. The SMILES string of the molecule is C=C(C)/C(=C\C(=C/C)[C@@H](O)[C@H](N)CN1CCCC1)OCCC. The maximum Gasteiger partial charge on any atom is 0.121 e. The van der Waals surface area contributed by atoms with E-state index >= 15 is 0 Å². The molecule has 0 aromatic carbocycles. The number of rotatable bonds is 9. The molecule has 126 valence electrons. The van der Waals surface area contributed by atoms with Crippen molar-refractivity contribution < 1.29 is 9.84 Å². The standard InChI is InChI=1S/C18H32N2O2/c1-5-11-22-17(14(3)4)12-15(6-2)18(21)16(19)13-20-9-7-8-10-20/h6,12,16,18,21H,3,5,7-11,13,19H2,1-2,4H3/b15-6+,17-12+/t16-,18-/m1/s1. The van der Waals surface area contributed by atoms with Crippen molar-refractivity contribution in [2.45, 2.75) is 52.2 Å². The third kappa shape index (κ3) is 5.95. The van der Waals surface area contributed by atoms with Crippen molar-refractivity contribution in [3.63, 3.8) is 0 Å². The topological polar surface area (TPSA) is 58.7 Å². The molecule has 0 aromatic heterocycles. The van der Waals surface area contributed by atoms with Gasteiger partial charge in [0.05, 0.1) is 12.7 Å². The van der Waals surface area contributed by atoms with Gasteiger partial charge in [0.2, 0.25) is 0 Å². The quantitative estimate of drug-likeness (QED) is 0.508. The second kappa shape index (κ2) is 9.82. The minimum Gasteiger partial charge on any atom is -0.493 e. The Kier molecular flexibility index (Phi) is 8.46. The molecule has 4 nitrogen and oxygen atoms in total. The summed E-state index contributed by atoms with van der Waals surface area (Å²) in [6, 6.07) is -0.293. The molecule has 0 saturated carbocycles. The molecule has 0 aliphatic carbocycles. The normalized spacial score (nSPS) is 20.0. The number of likely N-dealkylation sites (tertiary alicyclic amines) is 1. The highest BCUT2D eigenvalue weighted by Gasteiger charge is 2.22. The van der Waals surface area contributed by atoms with Gasteiger partial charge in [-0.15, -0.1) is 0 Å². The van der Waals surface area contributed by atoms with Gasteiger partial charge in [-0.05, 0) is 63.4 Å². The molecule has 0 aromatic rings. The Morgan fingerprint density at radius 3 is 2.55 bits per heavy atom. The summed E-state index contributed by atoms with van der Waals surface area (Å²) in [5.41, 5.74) is 7.85. The van der Waals surface area contributed by atoms with Crippen LogP contribution in [0.3, 0.4) is 0 Å². The van der Waals surface area contributed by atoms with Gasteiger partial charge >= 0.3 is 0 Å². The lowest BCUT2D eigenvalue weighted by Gasteiger charge is -2.25. The van der Waals surface area contributed by atoms with Crippen molar-refractivity contribution in [1.82, 2.24) is 4.90 Å². The van der Waals surface area contributed by atoms with Gasteiger partial charge in [0.15, 0.2) is 0 Å². The molecule has 0 bridgehead atoms. The van der Waals surface area contributed by atoms with E-state index < -0.39 is 6.10 Å². The Morgan fingerprint density at radius 1 is 1.41 bits per heavy atom. The molecular weight excluding hydrogens is 276 g/mol. The molecule has 2 atom stereocenters. The Morgan fingerprint density at radius 2 is 2.05 bits per heavy atom. The van der Waals surface area contributed by atoms with Gasteiger partial charge in [0.25, 0.3) is 0 Å². The number of hydrogen-bond acceptors (Lipinski definition) is 4. The van der Waals surface area contributed by atoms with E-state index in [4.69, 9.17) is 10.5 Å². The average molecular weight is 308 g/mol. The van der Waals surface area contributed by atoms with Crippen molar-refractivity contribution in [2.24, 2.45) is 5.73 Å². The first-order valence-corrected chi connectivity index (χ1v) is 8.32. The summed E-state index contributed by atoms with van der Waals surface area (Å²) in [4.78, 5) is 2.32. The first kappa shape index (κ1) is 18.9. The third-order valence-corrected chi connectivity index (χ3v) is 3.93. The molecule has 1 aliphatic rings. The molecule has 22 heavy (non-hydrogen) atoms. The number of hydrogen-bond donors (Lipinski definition) is 2. The van der Waals surface area contributed by atoms with Crippen molar-refractivity contribution in [2.75, 3.05) is 26.2 Å². The van der Waals surface area contributed by atoms with Crippen LogP contribution < -0.4 is 5.73 Å². The third-order valence-electron chi connectivity index (χ3n) is 3.93. The summed E-state index contributed by atoms with van der Waals surface area (Å²) < 4.78 is 5.71. The molecule has 0 spiro atoms. The molecule has 1 rings (SSSR count). The van der Waals surface area contributed by atoms with Crippen LogP contribution in [0.4, 0.5) is 0 Å². The van der Waals surface area contributed by atoms with Crippen LogP contribution in [0.2, 0.25) is 0 Å². The summed E-state index contributed by atoms with van der Waals surface area (Å²) in [5, 5.41) is 10.5. The smallest absolute Gasteiger partial charge is 0.121 e. The van der Waals surface area contributed by atoms with Crippen LogP contribution in [0.1, 0.15) is 40.0 Å². The lowest BCUT2D eigenvalue weighted by atomic mass is 10.0. The molecule has 0 amide bonds. The van der Waals surface area contributed by atoms with Crippen LogP contribution in [0, 0.1) is 0 Å². The van der Waals surface area contributed by atoms with E-state index in [2.05, 4.69) is 18.4 Å². The zero-order chi connectivity index (χ0) is 16.5. The van der Waals surface area contributed by atoms with E-state index in [9.17, 15) is 5.11 Å². The van der Waals surface area contributed by atoms with Gasteiger partial charge in [-0.2, -0.15) is 0 Å². The fraction of sp³-hybridized carbons (Fsp3) is 0.667. The fourth-order valence-corrected chi connectivity index (χ4v) is 2.60. The van der Waals surface area contributed by atoms with Crippen molar-refractivity contribution in [3.8, 4) is 0 Å². The second-order valence-corrected chi connectivity index (χ2v) is 6.04. The van der Waals surface area contributed by atoms with E-state index in [0.717, 1.165) is 43.0 Å². The zero-order valence-corrected chi connectivity index (χ0v) is 14.3. The Hall–Kier alpha value is -1.10. The first-order chi connectivity index (χ1) is 10.5. The van der Waals surface area contributed by atoms with Crippen LogP contribution in [-0.2, 0) is 4.74 Å². The maximum atomic E-state index is 10.5. The second-order valence-electron chi connectivity index (χ2n) is 6.04.